The van der Waals surface area contributed by atoms with Gasteiger partial charge in [-0.3, -0.25) is 4.79 Å². The molecule has 1 aromatic rings. The van der Waals surface area contributed by atoms with Crippen LogP contribution in [0.25, 0.3) is 0 Å². The summed E-state index contributed by atoms with van der Waals surface area (Å²) in [6, 6.07) is 0.685. The second-order valence-corrected chi connectivity index (χ2v) is 11.5. The number of rotatable bonds is 7. The van der Waals surface area contributed by atoms with E-state index in [1.54, 1.807) is 6.20 Å². The van der Waals surface area contributed by atoms with Crippen molar-refractivity contribution in [2.45, 2.75) is 58.2 Å². The Morgan fingerprint density at radius 2 is 1.81 bits per heavy atom. The first-order valence-corrected chi connectivity index (χ1v) is 13.6. The zero-order valence-corrected chi connectivity index (χ0v) is 22.8. The van der Waals surface area contributed by atoms with Crippen molar-refractivity contribution in [1.29, 1.82) is 0 Å². The van der Waals surface area contributed by atoms with Crippen LogP contribution >= 0.6 is 0 Å². The van der Waals surface area contributed by atoms with E-state index in [4.69, 9.17) is 4.74 Å². The number of carbonyl (C=O) groups excluding carboxylic acids is 1. The monoisotopic (exact) mass is 511 g/mol. The van der Waals surface area contributed by atoms with E-state index in [1.165, 1.54) is 69.3 Å². The highest BCUT2D eigenvalue weighted by atomic mass is 19.1. The van der Waals surface area contributed by atoms with E-state index in [0.717, 1.165) is 37.9 Å². The molecule has 1 aromatic heterocycles. The van der Waals surface area contributed by atoms with Crippen LogP contribution in [-0.4, -0.2) is 85.1 Å². The number of aldehydes is 1. The van der Waals surface area contributed by atoms with E-state index in [9.17, 15) is 9.18 Å². The molecule has 1 atom stereocenters. The predicted octanol–water partition coefficient (Wildman–Crippen LogP) is 4.43. The Labute approximate surface area is 221 Å². The summed E-state index contributed by atoms with van der Waals surface area (Å²) < 4.78 is 19.6. The fourth-order valence-corrected chi connectivity index (χ4v) is 5.43. The van der Waals surface area contributed by atoms with E-state index in [1.807, 2.05) is 0 Å². The van der Waals surface area contributed by atoms with Crippen LogP contribution in [0.4, 0.5) is 10.2 Å². The Bertz CT molecular complexity index is 995. The summed E-state index contributed by atoms with van der Waals surface area (Å²) in [5.41, 5.74) is 0.653. The Kier molecular flexibility index (Phi) is 9.13. The summed E-state index contributed by atoms with van der Waals surface area (Å²) in [7, 11) is 4.15. The minimum atomic E-state index is -1.24. The van der Waals surface area contributed by atoms with Crippen LogP contribution in [0.2, 0.25) is 0 Å². The van der Waals surface area contributed by atoms with E-state index >= 15 is 0 Å². The molecule has 0 bridgehead atoms. The first-order valence-electron chi connectivity index (χ1n) is 13.6. The van der Waals surface area contributed by atoms with Gasteiger partial charge < -0.3 is 19.4 Å². The average molecular weight is 512 g/mol. The highest BCUT2D eigenvalue weighted by Gasteiger charge is 2.52. The number of nitrogens with zero attached hydrogens (tertiary/aromatic N) is 5. The molecule has 0 N–H and O–H groups in total. The number of hydrogen-bond donors (Lipinski definition) is 0. The number of anilines is 1. The third-order valence-electron chi connectivity index (χ3n) is 7.93. The number of likely N-dealkylation sites (tertiary alicyclic amines) is 1. The molecule has 2 aliphatic carbocycles. The molecule has 2 aliphatic heterocycles. The third kappa shape index (κ3) is 7.05. The lowest BCUT2D eigenvalue weighted by Crippen LogP contribution is -2.72. The van der Waals surface area contributed by atoms with Crippen molar-refractivity contribution in [2.75, 3.05) is 51.7 Å². The highest BCUT2D eigenvalue weighted by Crippen LogP contribution is 2.44. The summed E-state index contributed by atoms with van der Waals surface area (Å²) in [5.74, 6) is 2.40. The molecule has 0 aromatic carbocycles. The normalized spacial score (nSPS) is 23.4. The summed E-state index contributed by atoms with van der Waals surface area (Å²) in [4.78, 5) is 26.9. The standard InChI is InChI=1S/C24H29FN4O2.C5H13N/c25-20-7-6-19(12-30)21(9-8-20)31-22-10-26-17-27-23(22)29-15-24(16-29)13-28(14-24)11-18-4-2-1-3-5-18;1-5(2)6(3)4/h6-10,12,17-18,20H,1-5,11,13-16H2;5H,1-4H3. The lowest BCUT2D eigenvalue weighted by Gasteiger charge is -2.61. The van der Waals surface area contributed by atoms with Gasteiger partial charge >= 0.3 is 0 Å². The molecule has 37 heavy (non-hydrogen) atoms. The van der Waals surface area contributed by atoms with Crippen LogP contribution in [0.15, 0.2) is 48.2 Å². The van der Waals surface area contributed by atoms with Crippen molar-refractivity contribution in [3.63, 3.8) is 0 Å². The molecule has 4 aliphatic rings. The Hall–Kier alpha value is -2.58. The van der Waals surface area contributed by atoms with Crippen molar-refractivity contribution < 1.29 is 13.9 Å². The van der Waals surface area contributed by atoms with Crippen molar-refractivity contribution >= 4 is 12.1 Å². The Morgan fingerprint density at radius 3 is 2.46 bits per heavy atom. The zero-order chi connectivity index (χ0) is 26.4. The van der Waals surface area contributed by atoms with Crippen LogP contribution in [0, 0.1) is 11.3 Å². The van der Waals surface area contributed by atoms with Crippen LogP contribution in [0.5, 0.6) is 5.75 Å². The molecule has 0 radical (unpaired) electrons. The second-order valence-electron chi connectivity index (χ2n) is 11.5. The van der Waals surface area contributed by atoms with E-state index in [-0.39, 0.29) is 0 Å². The third-order valence-corrected chi connectivity index (χ3v) is 7.93. The summed E-state index contributed by atoms with van der Waals surface area (Å²) in [5, 5.41) is 0. The number of alkyl halides is 1. The highest BCUT2D eigenvalue weighted by molar-refractivity contribution is 5.79. The summed E-state index contributed by atoms with van der Waals surface area (Å²) >= 11 is 0. The number of aromatic nitrogens is 2. The van der Waals surface area contributed by atoms with Gasteiger partial charge in [0.1, 0.15) is 18.3 Å². The van der Waals surface area contributed by atoms with Crippen LogP contribution in [0.1, 0.15) is 46.0 Å². The number of carbonyl (C=O) groups is 1. The molecule has 202 valence electrons. The van der Waals surface area contributed by atoms with Crippen LogP contribution in [-0.2, 0) is 4.79 Å². The molecule has 7 nitrogen and oxygen atoms in total. The number of allylic oxidation sites excluding steroid dienone is 5. The Balaban J connectivity index is 0.000000480. The Morgan fingerprint density at radius 1 is 1.14 bits per heavy atom. The fraction of sp³-hybridized carbons (Fsp3) is 0.621. The van der Waals surface area contributed by atoms with Gasteiger partial charge in [-0.2, -0.15) is 0 Å². The first-order chi connectivity index (χ1) is 17.8. The summed E-state index contributed by atoms with van der Waals surface area (Å²) in [6.45, 7) is 9.80. The number of halogens is 1. The smallest absolute Gasteiger partial charge is 0.188 e. The molecule has 0 amide bonds. The fourth-order valence-electron chi connectivity index (χ4n) is 5.43. The maximum atomic E-state index is 13.6. The van der Waals surface area contributed by atoms with Gasteiger partial charge in [0.05, 0.1) is 11.8 Å². The molecule has 3 fully saturated rings. The number of ether oxygens (including phenoxy) is 1. The van der Waals surface area contributed by atoms with Gasteiger partial charge in [0.25, 0.3) is 0 Å². The van der Waals surface area contributed by atoms with Crippen molar-refractivity contribution in [3.05, 3.63) is 48.2 Å². The van der Waals surface area contributed by atoms with Gasteiger partial charge in [-0.15, -0.1) is 0 Å². The SMILES string of the molecule is CC(C)N(C)C.O=CC1=C(Oc2cncnc2N2CC3(CN(CC4CCCCC4)C3)C2)C=CC(F)C=C1. The van der Waals surface area contributed by atoms with Gasteiger partial charge in [0.15, 0.2) is 17.9 Å². The molecule has 1 spiro atoms. The lowest BCUT2D eigenvalue weighted by atomic mass is 9.72. The van der Waals surface area contributed by atoms with Gasteiger partial charge in [-0.05, 0) is 71.0 Å². The van der Waals surface area contributed by atoms with Crippen LogP contribution < -0.4 is 9.64 Å². The largest absolute Gasteiger partial charge is 0.451 e. The van der Waals surface area contributed by atoms with Crippen molar-refractivity contribution in [2.24, 2.45) is 11.3 Å². The molecular formula is C29H42FN5O2. The summed E-state index contributed by atoms with van der Waals surface area (Å²) in [6.07, 6.45) is 15.2. The van der Waals surface area contributed by atoms with Gasteiger partial charge in [-0.25, -0.2) is 14.4 Å². The maximum absolute atomic E-state index is 13.6. The van der Waals surface area contributed by atoms with Crippen LogP contribution in [0.3, 0.4) is 0 Å². The number of hydrogen-bond acceptors (Lipinski definition) is 7. The van der Waals surface area contributed by atoms with Gasteiger partial charge in [-0.1, -0.05) is 19.3 Å². The minimum absolute atomic E-state index is 0.295. The molecule has 2 saturated heterocycles. The molecule has 8 heteroatoms. The lowest BCUT2D eigenvalue weighted by molar-refractivity contribution is -0.104. The molecule has 3 heterocycles. The molecular weight excluding hydrogens is 469 g/mol. The van der Waals surface area contributed by atoms with E-state index in [0.29, 0.717) is 34.8 Å². The molecule has 1 saturated carbocycles. The van der Waals surface area contributed by atoms with E-state index < -0.39 is 6.17 Å². The quantitative estimate of drug-likeness (QED) is 0.502. The molecule has 1 unspecified atom stereocenters. The van der Waals surface area contributed by atoms with Crippen molar-refractivity contribution in [3.8, 4) is 5.75 Å². The van der Waals surface area contributed by atoms with Crippen molar-refractivity contribution in [1.82, 2.24) is 19.8 Å². The minimum Gasteiger partial charge on any atom is -0.451 e. The van der Waals surface area contributed by atoms with Gasteiger partial charge in [0, 0.05) is 44.2 Å². The zero-order valence-electron chi connectivity index (χ0n) is 22.8. The van der Waals surface area contributed by atoms with Gasteiger partial charge in [0.2, 0.25) is 0 Å². The first kappa shape index (κ1) is 27.5. The average Bonchev–Trinajstić information content (AvgIpc) is 3.02. The molecule has 5 rings (SSSR count). The van der Waals surface area contributed by atoms with E-state index in [2.05, 4.69) is 52.6 Å². The maximum Gasteiger partial charge on any atom is 0.188 e. The topological polar surface area (TPSA) is 61.8 Å². The predicted molar refractivity (Wildman–Crippen MR) is 145 cm³/mol. The second kappa shape index (κ2) is 12.3.